The Balaban J connectivity index is 0.914. The highest BCUT2D eigenvalue weighted by Gasteiger charge is 2.59. The fourth-order valence-electron chi connectivity index (χ4n) is 11.5. The average Bonchev–Trinajstić information content (AvgIpc) is 3.55. The van der Waals surface area contributed by atoms with Gasteiger partial charge >= 0.3 is 11.9 Å². The van der Waals surface area contributed by atoms with Gasteiger partial charge in [-0.15, -0.1) is 0 Å². The molecule has 3 saturated carbocycles. The molecular formula is C47H66N4O6. The number of nitro groups is 1. The molecule has 2 aromatic rings. The van der Waals surface area contributed by atoms with E-state index in [9.17, 15) is 19.7 Å². The number of hydrogen-bond donors (Lipinski definition) is 0. The number of non-ortho nitro benzene ring substituents is 1. The van der Waals surface area contributed by atoms with Crippen LogP contribution in [0.5, 0.6) is 0 Å². The number of azo groups is 1. The highest BCUT2D eigenvalue weighted by Crippen LogP contribution is 2.67. The summed E-state index contributed by atoms with van der Waals surface area (Å²) in [6.07, 6.45) is 16.0. The monoisotopic (exact) mass is 782 g/mol. The smallest absolute Gasteiger partial charge is 0.306 e. The van der Waals surface area contributed by atoms with Crippen molar-refractivity contribution >= 4 is 34.7 Å². The van der Waals surface area contributed by atoms with Crippen molar-refractivity contribution in [3.8, 4) is 0 Å². The number of likely N-dealkylation sites (N-methyl/N-ethyl adjacent to an activating group) is 1. The quantitative estimate of drug-likeness (QED) is 0.0514. The number of rotatable bonds is 17. The fourth-order valence-corrected chi connectivity index (χ4v) is 11.5. The van der Waals surface area contributed by atoms with Crippen LogP contribution in [0.2, 0.25) is 0 Å². The molecule has 10 heteroatoms. The lowest BCUT2D eigenvalue weighted by Crippen LogP contribution is -2.51. The summed E-state index contributed by atoms with van der Waals surface area (Å²) >= 11 is 0. The lowest BCUT2D eigenvalue weighted by atomic mass is 9.47. The molecule has 310 valence electrons. The molecule has 0 aliphatic heterocycles. The Hall–Kier alpha value is -4.08. The number of allylic oxidation sites excluding steroid dienone is 1. The number of hydrogen-bond acceptors (Lipinski definition) is 9. The predicted octanol–water partition coefficient (Wildman–Crippen LogP) is 12.1. The molecule has 0 aromatic heterocycles. The molecule has 8 atom stereocenters. The maximum atomic E-state index is 12.9. The molecule has 0 bridgehead atoms. The Kier molecular flexibility index (Phi) is 13.9. The molecule has 0 radical (unpaired) electrons. The summed E-state index contributed by atoms with van der Waals surface area (Å²) in [5.41, 5.74) is 4.31. The second-order valence-electron chi connectivity index (χ2n) is 18.4. The number of benzene rings is 2. The molecule has 0 saturated heterocycles. The molecule has 6 rings (SSSR count). The van der Waals surface area contributed by atoms with Crippen LogP contribution in [0, 0.1) is 56.5 Å². The van der Waals surface area contributed by atoms with Gasteiger partial charge in [0.2, 0.25) is 0 Å². The van der Waals surface area contributed by atoms with Crippen LogP contribution in [-0.2, 0) is 19.1 Å². The van der Waals surface area contributed by atoms with Crippen molar-refractivity contribution < 1.29 is 24.0 Å². The van der Waals surface area contributed by atoms with Gasteiger partial charge in [-0.05, 0) is 135 Å². The van der Waals surface area contributed by atoms with Crippen molar-refractivity contribution in [3.05, 3.63) is 70.3 Å². The first-order chi connectivity index (χ1) is 27.3. The van der Waals surface area contributed by atoms with E-state index in [1.807, 2.05) is 31.2 Å². The second-order valence-corrected chi connectivity index (χ2v) is 18.4. The van der Waals surface area contributed by atoms with E-state index in [1.54, 1.807) is 12.1 Å². The van der Waals surface area contributed by atoms with Crippen molar-refractivity contribution in [1.29, 1.82) is 0 Å². The summed E-state index contributed by atoms with van der Waals surface area (Å²) in [6.45, 7) is 15.9. The SMILES string of the molecule is CCN(CCOC(=O)CCC(=O)O[C@H]1CC[C@@]2(C)C(=CC[C@H]3[C@@H]4CC[C@H]([C@H](C)CCCC(C)C)[C@@]4(C)CC[C@@H]32)C1)c1ccc(N=Nc2ccc([N+](=O)[O-])cc2)cc1. The molecule has 0 heterocycles. The molecule has 0 amide bonds. The van der Waals surface area contributed by atoms with Gasteiger partial charge in [0, 0.05) is 30.8 Å². The summed E-state index contributed by atoms with van der Waals surface area (Å²) in [5, 5.41) is 19.2. The van der Waals surface area contributed by atoms with Crippen LogP contribution < -0.4 is 4.90 Å². The first-order valence-electron chi connectivity index (χ1n) is 21.9. The minimum atomic E-state index is -0.452. The minimum Gasteiger partial charge on any atom is -0.464 e. The molecule has 10 nitrogen and oxygen atoms in total. The van der Waals surface area contributed by atoms with Crippen LogP contribution in [0.25, 0.3) is 0 Å². The van der Waals surface area contributed by atoms with E-state index in [1.165, 1.54) is 69.1 Å². The van der Waals surface area contributed by atoms with Gasteiger partial charge in [0.25, 0.3) is 5.69 Å². The third-order valence-electron chi connectivity index (χ3n) is 14.7. The Morgan fingerprint density at radius 2 is 1.58 bits per heavy atom. The molecule has 0 spiro atoms. The maximum Gasteiger partial charge on any atom is 0.306 e. The van der Waals surface area contributed by atoms with E-state index in [4.69, 9.17) is 9.47 Å². The largest absolute Gasteiger partial charge is 0.464 e. The molecular weight excluding hydrogens is 717 g/mol. The number of carbonyl (C=O) groups is 2. The van der Waals surface area contributed by atoms with E-state index >= 15 is 0 Å². The van der Waals surface area contributed by atoms with Crippen LogP contribution in [0.1, 0.15) is 125 Å². The van der Waals surface area contributed by atoms with Gasteiger partial charge in [-0.25, -0.2) is 0 Å². The molecule has 4 aliphatic carbocycles. The normalized spacial score (nSPS) is 28.5. The Morgan fingerprint density at radius 3 is 2.25 bits per heavy atom. The van der Waals surface area contributed by atoms with E-state index < -0.39 is 10.9 Å². The summed E-state index contributed by atoms with van der Waals surface area (Å²) in [7, 11) is 0. The number of ether oxygens (including phenoxy) is 2. The van der Waals surface area contributed by atoms with E-state index in [2.05, 4.69) is 55.8 Å². The lowest BCUT2D eigenvalue weighted by molar-refractivity contribution is -0.384. The van der Waals surface area contributed by atoms with E-state index in [0.29, 0.717) is 29.9 Å². The summed E-state index contributed by atoms with van der Waals surface area (Å²) in [4.78, 5) is 38.0. The molecule has 4 aliphatic rings. The highest BCUT2D eigenvalue weighted by molar-refractivity contribution is 5.77. The van der Waals surface area contributed by atoms with Gasteiger partial charge < -0.3 is 14.4 Å². The van der Waals surface area contributed by atoms with E-state index in [0.717, 1.165) is 60.5 Å². The van der Waals surface area contributed by atoms with Crippen LogP contribution in [0.3, 0.4) is 0 Å². The molecule has 2 aromatic carbocycles. The fraction of sp³-hybridized carbons (Fsp3) is 0.660. The van der Waals surface area contributed by atoms with Crippen molar-refractivity contribution in [1.82, 2.24) is 0 Å². The van der Waals surface area contributed by atoms with Gasteiger partial charge in [-0.3, -0.25) is 19.7 Å². The Morgan fingerprint density at radius 1 is 0.895 bits per heavy atom. The Bertz CT molecular complexity index is 1760. The van der Waals surface area contributed by atoms with Gasteiger partial charge in [-0.2, -0.15) is 10.2 Å². The first-order valence-corrected chi connectivity index (χ1v) is 21.9. The van der Waals surface area contributed by atoms with Gasteiger partial charge in [-0.1, -0.05) is 65.5 Å². The first kappa shape index (κ1) is 42.5. The zero-order valence-corrected chi connectivity index (χ0v) is 35.3. The molecule has 3 fully saturated rings. The van der Waals surface area contributed by atoms with Crippen molar-refractivity contribution in [2.45, 2.75) is 131 Å². The maximum absolute atomic E-state index is 12.9. The van der Waals surface area contributed by atoms with Crippen LogP contribution in [-0.4, -0.2) is 42.7 Å². The van der Waals surface area contributed by atoms with E-state index in [-0.39, 0.29) is 42.6 Å². The molecule has 0 unspecified atom stereocenters. The minimum absolute atomic E-state index is 0.00336. The molecule has 57 heavy (non-hydrogen) atoms. The van der Waals surface area contributed by atoms with Gasteiger partial charge in [0.05, 0.1) is 35.7 Å². The predicted molar refractivity (Wildman–Crippen MR) is 225 cm³/mol. The van der Waals surface area contributed by atoms with Crippen LogP contribution in [0.4, 0.5) is 22.7 Å². The third-order valence-corrected chi connectivity index (χ3v) is 14.7. The topological polar surface area (TPSA) is 124 Å². The van der Waals surface area contributed by atoms with Crippen molar-refractivity contribution in [3.63, 3.8) is 0 Å². The summed E-state index contributed by atoms with van der Waals surface area (Å²) in [6, 6.07) is 13.4. The summed E-state index contributed by atoms with van der Waals surface area (Å²) < 4.78 is 11.5. The number of carbonyl (C=O) groups excluding carboxylic acids is 2. The number of fused-ring (bicyclic) bond motifs is 5. The summed E-state index contributed by atoms with van der Waals surface area (Å²) in [5.74, 6) is 4.10. The van der Waals surface area contributed by atoms with Crippen molar-refractivity contribution in [2.24, 2.45) is 56.6 Å². The van der Waals surface area contributed by atoms with Crippen LogP contribution >= 0.6 is 0 Å². The Labute approximate surface area is 340 Å². The zero-order chi connectivity index (χ0) is 40.7. The number of esters is 2. The standard InChI is InChI=1S/C47H66N4O6/c1-7-50(37-16-12-35(13-17-37)48-49-36-14-18-38(19-15-36)51(54)55)29-30-56-44(52)23-24-45(53)57-39-25-27-46(5)34(31-39)11-20-40-42-22-21-41(33(4)10-8-9-32(2)3)47(42,6)28-26-43(40)46/h11-19,32-33,39-43H,7-10,20-31H2,1-6H3/t33-,39+,40+,41-,42+,43+,46+,47-/m1/s1. The third kappa shape index (κ3) is 9.97. The number of nitrogens with zero attached hydrogens (tertiary/aromatic N) is 4. The van der Waals surface area contributed by atoms with Gasteiger partial charge in [0.1, 0.15) is 12.7 Å². The van der Waals surface area contributed by atoms with Crippen molar-refractivity contribution in [2.75, 3.05) is 24.6 Å². The highest BCUT2D eigenvalue weighted by atomic mass is 16.6. The number of anilines is 1. The number of nitro benzene ring substituents is 1. The lowest BCUT2D eigenvalue weighted by Gasteiger charge is -2.58. The van der Waals surface area contributed by atoms with Crippen LogP contribution in [0.15, 0.2) is 70.4 Å². The zero-order valence-electron chi connectivity index (χ0n) is 35.3. The molecule has 0 N–H and O–H groups in total. The average molecular weight is 783 g/mol. The van der Waals surface area contributed by atoms with Gasteiger partial charge in [0.15, 0.2) is 0 Å². The second kappa shape index (κ2) is 18.7.